The molecule has 184 valence electrons. The van der Waals surface area contributed by atoms with E-state index in [1.54, 1.807) is 16.1 Å². The summed E-state index contributed by atoms with van der Waals surface area (Å²) in [4.78, 5) is 14.0. The molecule has 0 radical (unpaired) electrons. The van der Waals surface area contributed by atoms with E-state index in [-0.39, 0.29) is 17.6 Å². The zero-order chi connectivity index (χ0) is 24.5. The monoisotopic (exact) mass is 508 g/mol. The Balaban J connectivity index is 1.20. The van der Waals surface area contributed by atoms with Gasteiger partial charge in [0.1, 0.15) is 0 Å². The highest BCUT2D eigenvalue weighted by atomic mass is 32.2. The molecule has 1 aliphatic heterocycles. The number of thioether (sulfide) groups is 1. The molecule has 0 bridgehead atoms. The second kappa shape index (κ2) is 12.4. The fraction of sp³-hybridized carbons (Fsp3) is 0.321. The Kier molecular flexibility index (Phi) is 9.01. The molecule has 0 spiro atoms. The summed E-state index contributed by atoms with van der Waals surface area (Å²) in [5.41, 5.74) is 3.13. The van der Waals surface area contributed by atoms with E-state index >= 15 is 0 Å². The number of anilines is 1. The standard InChI is InChI=1S/C28H32N2O3S2/c31-28(29-26-15-13-24(14-16-26)22-34-27-11-5-2-6-12-27)25-17-19-30(20-18-25)35(32,33)21-7-10-23-8-3-1-4-9-23/h1-6,8-9,11-16,25H,7,10,17-22H2,(H,29,31). The van der Waals surface area contributed by atoms with Crippen molar-refractivity contribution in [3.05, 3.63) is 96.1 Å². The van der Waals surface area contributed by atoms with E-state index in [4.69, 9.17) is 0 Å². The molecule has 5 nitrogen and oxygen atoms in total. The summed E-state index contributed by atoms with van der Waals surface area (Å²) in [5.74, 6) is 0.820. The highest BCUT2D eigenvalue weighted by Gasteiger charge is 2.30. The van der Waals surface area contributed by atoms with Crippen LogP contribution in [0.2, 0.25) is 0 Å². The number of nitrogens with one attached hydrogen (secondary N) is 1. The molecule has 0 saturated carbocycles. The van der Waals surface area contributed by atoms with Gasteiger partial charge in [0, 0.05) is 35.3 Å². The van der Waals surface area contributed by atoms with Gasteiger partial charge in [0.25, 0.3) is 0 Å². The Morgan fingerprint density at radius 3 is 2.14 bits per heavy atom. The number of piperidine rings is 1. The Bertz CT molecular complexity index is 1180. The molecule has 1 saturated heterocycles. The molecular weight excluding hydrogens is 476 g/mol. The molecule has 4 rings (SSSR count). The number of nitrogens with zero attached hydrogens (tertiary/aromatic N) is 1. The minimum atomic E-state index is -3.29. The summed E-state index contributed by atoms with van der Waals surface area (Å²) in [5, 5.41) is 3.00. The molecule has 0 aliphatic carbocycles. The van der Waals surface area contributed by atoms with Gasteiger partial charge in [-0.3, -0.25) is 4.79 Å². The maximum absolute atomic E-state index is 12.8. The molecule has 35 heavy (non-hydrogen) atoms. The van der Waals surface area contributed by atoms with Crippen LogP contribution in [0.5, 0.6) is 0 Å². The van der Waals surface area contributed by atoms with Crippen LogP contribution in [0.25, 0.3) is 0 Å². The number of hydrogen-bond acceptors (Lipinski definition) is 4. The first-order chi connectivity index (χ1) is 17.0. The van der Waals surface area contributed by atoms with Gasteiger partial charge in [-0.15, -0.1) is 11.8 Å². The summed E-state index contributed by atoms with van der Waals surface area (Å²) >= 11 is 1.78. The number of aryl methyl sites for hydroxylation is 1. The maximum Gasteiger partial charge on any atom is 0.227 e. The SMILES string of the molecule is O=C(Nc1ccc(CSc2ccccc2)cc1)C1CCN(S(=O)(=O)CCCc2ccccc2)CC1. The summed E-state index contributed by atoms with van der Waals surface area (Å²) in [7, 11) is -3.29. The van der Waals surface area contributed by atoms with Crippen LogP contribution < -0.4 is 5.32 Å². The molecule has 1 aliphatic rings. The predicted molar refractivity (Wildman–Crippen MR) is 144 cm³/mol. The third kappa shape index (κ3) is 7.69. The Hall–Kier alpha value is -2.61. The van der Waals surface area contributed by atoms with Gasteiger partial charge in [0.2, 0.25) is 15.9 Å². The van der Waals surface area contributed by atoms with E-state index in [2.05, 4.69) is 17.4 Å². The highest BCUT2D eigenvalue weighted by Crippen LogP contribution is 2.25. The van der Waals surface area contributed by atoms with Crippen LogP contribution in [0.4, 0.5) is 5.69 Å². The average molecular weight is 509 g/mol. The second-order valence-corrected chi connectivity index (χ2v) is 12.0. The van der Waals surface area contributed by atoms with Gasteiger partial charge >= 0.3 is 0 Å². The Morgan fingerprint density at radius 2 is 1.49 bits per heavy atom. The largest absolute Gasteiger partial charge is 0.326 e. The van der Waals surface area contributed by atoms with Crippen molar-refractivity contribution >= 4 is 33.4 Å². The van der Waals surface area contributed by atoms with Crippen molar-refractivity contribution in [2.75, 3.05) is 24.2 Å². The average Bonchev–Trinajstić information content (AvgIpc) is 2.89. The van der Waals surface area contributed by atoms with Gasteiger partial charge in [0.15, 0.2) is 0 Å². The lowest BCUT2D eigenvalue weighted by molar-refractivity contribution is -0.120. The molecule has 1 amide bonds. The van der Waals surface area contributed by atoms with Crippen LogP contribution in [0, 0.1) is 5.92 Å². The first kappa shape index (κ1) is 25.5. The minimum absolute atomic E-state index is 0.0301. The van der Waals surface area contributed by atoms with Crippen LogP contribution in [0.1, 0.15) is 30.4 Å². The molecule has 1 heterocycles. The molecule has 0 unspecified atom stereocenters. The molecule has 1 fully saturated rings. The zero-order valence-electron chi connectivity index (χ0n) is 19.8. The number of rotatable bonds is 10. The Labute approximate surface area is 213 Å². The quantitative estimate of drug-likeness (QED) is 0.363. The van der Waals surface area contributed by atoms with E-state index in [0.29, 0.717) is 32.4 Å². The summed E-state index contributed by atoms with van der Waals surface area (Å²) in [6.45, 7) is 0.808. The summed E-state index contributed by atoms with van der Waals surface area (Å²) in [6, 6.07) is 28.2. The number of carbonyl (C=O) groups is 1. The van der Waals surface area contributed by atoms with Gasteiger partial charge in [-0.25, -0.2) is 12.7 Å². The van der Waals surface area contributed by atoms with Crippen molar-refractivity contribution in [3.8, 4) is 0 Å². The lowest BCUT2D eigenvalue weighted by atomic mass is 9.97. The second-order valence-electron chi connectivity index (χ2n) is 8.87. The van der Waals surface area contributed by atoms with E-state index in [9.17, 15) is 13.2 Å². The molecule has 3 aromatic carbocycles. The first-order valence-electron chi connectivity index (χ1n) is 12.1. The van der Waals surface area contributed by atoms with Crippen LogP contribution in [0.3, 0.4) is 0 Å². The van der Waals surface area contributed by atoms with Gasteiger partial charge in [-0.05, 0) is 61.1 Å². The Morgan fingerprint density at radius 1 is 0.857 bits per heavy atom. The fourth-order valence-corrected chi connectivity index (χ4v) is 6.65. The van der Waals surface area contributed by atoms with Crippen molar-refractivity contribution in [2.24, 2.45) is 5.92 Å². The van der Waals surface area contributed by atoms with E-state index in [0.717, 1.165) is 23.4 Å². The van der Waals surface area contributed by atoms with Crippen molar-refractivity contribution in [1.29, 1.82) is 0 Å². The summed E-state index contributed by atoms with van der Waals surface area (Å²) in [6.07, 6.45) is 2.46. The number of carbonyl (C=O) groups excluding carboxylic acids is 1. The van der Waals surface area contributed by atoms with Crippen molar-refractivity contribution in [3.63, 3.8) is 0 Å². The molecule has 3 aromatic rings. The topological polar surface area (TPSA) is 66.5 Å². The zero-order valence-corrected chi connectivity index (χ0v) is 21.4. The van der Waals surface area contributed by atoms with Gasteiger partial charge in [-0.2, -0.15) is 0 Å². The summed E-state index contributed by atoms with van der Waals surface area (Å²) < 4.78 is 27.0. The third-order valence-electron chi connectivity index (χ3n) is 6.30. The smallest absolute Gasteiger partial charge is 0.227 e. The predicted octanol–water partition coefficient (Wildman–Crippen LogP) is 5.59. The number of benzene rings is 3. The minimum Gasteiger partial charge on any atom is -0.326 e. The molecule has 0 aromatic heterocycles. The van der Waals surface area contributed by atoms with Crippen LogP contribution >= 0.6 is 11.8 Å². The van der Waals surface area contributed by atoms with Crippen molar-refractivity contribution < 1.29 is 13.2 Å². The normalized spacial score (nSPS) is 15.1. The van der Waals surface area contributed by atoms with E-state index in [1.807, 2.05) is 72.8 Å². The van der Waals surface area contributed by atoms with E-state index < -0.39 is 10.0 Å². The van der Waals surface area contributed by atoms with Gasteiger partial charge in [-0.1, -0.05) is 60.7 Å². The highest BCUT2D eigenvalue weighted by molar-refractivity contribution is 7.98. The molecule has 7 heteroatoms. The first-order valence-corrected chi connectivity index (χ1v) is 14.7. The van der Waals surface area contributed by atoms with Crippen LogP contribution in [0.15, 0.2) is 89.8 Å². The van der Waals surface area contributed by atoms with Crippen molar-refractivity contribution in [1.82, 2.24) is 4.31 Å². The van der Waals surface area contributed by atoms with Gasteiger partial charge < -0.3 is 5.32 Å². The number of amides is 1. The lowest BCUT2D eigenvalue weighted by Gasteiger charge is -2.30. The van der Waals surface area contributed by atoms with E-state index in [1.165, 1.54) is 10.5 Å². The number of hydrogen-bond donors (Lipinski definition) is 1. The lowest BCUT2D eigenvalue weighted by Crippen LogP contribution is -2.42. The molecule has 0 atom stereocenters. The number of sulfonamides is 1. The fourth-order valence-electron chi connectivity index (χ4n) is 4.24. The molecular formula is C28H32N2O3S2. The third-order valence-corrected chi connectivity index (χ3v) is 9.34. The van der Waals surface area contributed by atoms with Gasteiger partial charge in [0.05, 0.1) is 5.75 Å². The molecule has 1 N–H and O–H groups in total. The van der Waals surface area contributed by atoms with Crippen LogP contribution in [-0.4, -0.2) is 37.5 Å². The maximum atomic E-state index is 12.8. The van der Waals surface area contributed by atoms with Crippen molar-refractivity contribution in [2.45, 2.75) is 36.3 Å². The van der Waals surface area contributed by atoms with Crippen LogP contribution in [-0.2, 0) is 27.0 Å².